The van der Waals surface area contributed by atoms with E-state index in [4.69, 9.17) is 9.26 Å². The summed E-state index contributed by atoms with van der Waals surface area (Å²) in [4.78, 5) is 67.1. The number of carbonyl (C=O) groups is 4. The lowest BCUT2D eigenvalue weighted by atomic mass is 9.85. The van der Waals surface area contributed by atoms with E-state index < -0.39 is 55.9 Å². The predicted molar refractivity (Wildman–Crippen MR) is 254 cm³/mol. The number of hydrogen-bond acceptors (Lipinski definition) is 11. The smallest absolute Gasteiger partial charge is 0.465 e. The van der Waals surface area contributed by atoms with Gasteiger partial charge in [-0.1, -0.05) is 37.3 Å². The highest BCUT2D eigenvalue weighted by molar-refractivity contribution is 7.57. The number of fused-ring (bicyclic) bond motifs is 2. The van der Waals surface area contributed by atoms with Crippen molar-refractivity contribution in [2.24, 2.45) is 0 Å². The first kappa shape index (κ1) is 50.0. The molecule has 2 saturated carbocycles. The number of para-hydroxylation sites is 1. The summed E-state index contributed by atoms with van der Waals surface area (Å²) in [5.41, 5.74) is 0.763. The molecule has 9 rings (SSSR count). The topological polar surface area (TPSA) is 160 Å². The number of alkyl halides is 4. The Bertz CT molecular complexity index is 2600. The maximum atomic E-state index is 16.7. The molecule has 5 aliphatic rings. The van der Waals surface area contributed by atoms with E-state index in [1.54, 1.807) is 41.4 Å². The molecule has 8 atom stereocenters. The number of ether oxygens (including phenoxy) is 2. The van der Waals surface area contributed by atoms with Crippen molar-refractivity contribution >= 4 is 52.6 Å². The summed E-state index contributed by atoms with van der Waals surface area (Å²) in [6.45, 7) is 3.88. The molecule has 0 radical (unpaired) electrons. The number of rotatable bonds is 16. The maximum Gasteiger partial charge on any atom is 0.522 e. The first-order valence-electron chi connectivity index (χ1n) is 24.2. The third kappa shape index (κ3) is 10.6. The number of likely N-dealkylation sites (tertiary alicyclic amines) is 1. The SMILES string of the molecule is CCCOC(=O)[C@H](C)NP(=O)(Oc1ccccc1)[C@@H](F)c1ccc2sc(C(=O)N[C@H]3CC[C@H](N(C)C4CC(OC(F)(F)F)C4)C[C@H]4CC[C@@H](C(=O)N5C[C@@H](c6cccnc6)CC56CC6)N4C3=O)cc2c1. The third-order valence-electron chi connectivity index (χ3n) is 14.8. The lowest BCUT2D eigenvalue weighted by Gasteiger charge is -2.47. The van der Waals surface area contributed by atoms with Gasteiger partial charge in [-0.3, -0.25) is 33.5 Å². The molecule has 2 N–H and O–H groups in total. The lowest BCUT2D eigenvalue weighted by Crippen LogP contribution is -2.60. The standard InChI is InChI=1S/C50H59F4N6O8PS/c1-4-21-66-48(64)30(2)57-69(65,68-38-10-6-5-7-11-38)44(51)31-12-17-42-33(22-31)23-43(70-42)45(61)56-40-15-13-35(58(3)37-25-39(26-37)67-50(52,53)54)24-36-14-16-41(60(36)46(40)62)47(63)59-29-34(27-49(59)18-19-49)32-9-8-20-55-28-32/h5-12,17,20,22-23,28,30,34-37,39-41,44H,4,13-16,18-19,21,24-27,29H2,1-3H3,(H,56,61)(H,57,65)/t30-,34-,35-,36+,37?,39?,40-,41-,44+,69?/m0/s1. The molecule has 3 amide bonds. The Morgan fingerprint density at radius 2 is 1.77 bits per heavy atom. The van der Waals surface area contributed by atoms with Crippen molar-refractivity contribution in [2.45, 2.75) is 151 Å². The van der Waals surface area contributed by atoms with Gasteiger partial charge in [0.1, 0.15) is 23.9 Å². The van der Waals surface area contributed by atoms with Crippen molar-refractivity contribution in [3.8, 4) is 5.75 Å². The summed E-state index contributed by atoms with van der Waals surface area (Å²) < 4.78 is 86.3. The van der Waals surface area contributed by atoms with Crippen LogP contribution in [-0.4, -0.2) is 118 Å². The molecule has 1 unspecified atom stereocenters. The monoisotopic (exact) mass is 1010 g/mol. The van der Waals surface area contributed by atoms with Gasteiger partial charge in [0.05, 0.1) is 17.6 Å². The number of nitrogens with one attached hydrogen (secondary N) is 2. The highest BCUT2D eigenvalue weighted by Gasteiger charge is 2.59. The Morgan fingerprint density at radius 3 is 2.47 bits per heavy atom. The number of carbonyl (C=O) groups excluding carboxylic acids is 4. The van der Waals surface area contributed by atoms with Crippen molar-refractivity contribution in [2.75, 3.05) is 20.2 Å². The van der Waals surface area contributed by atoms with Crippen LogP contribution in [0.5, 0.6) is 5.75 Å². The van der Waals surface area contributed by atoms with Crippen LogP contribution in [0.1, 0.15) is 117 Å². The maximum absolute atomic E-state index is 16.7. The molecule has 14 nitrogen and oxygen atoms in total. The van der Waals surface area contributed by atoms with Crippen LogP contribution < -0.4 is 14.9 Å². The van der Waals surface area contributed by atoms with Gasteiger partial charge in [-0.25, -0.2) is 9.48 Å². The fourth-order valence-electron chi connectivity index (χ4n) is 10.9. The van der Waals surface area contributed by atoms with Crippen LogP contribution in [0.3, 0.4) is 0 Å². The Hall–Kier alpha value is -4.94. The van der Waals surface area contributed by atoms with Gasteiger partial charge in [-0.2, -0.15) is 0 Å². The van der Waals surface area contributed by atoms with Gasteiger partial charge in [-0.05, 0) is 138 Å². The van der Waals surface area contributed by atoms with Crippen molar-refractivity contribution < 1.29 is 55.3 Å². The molecule has 2 aliphatic carbocycles. The van der Waals surface area contributed by atoms with Crippen molar-refractivity contribution in [3.05, 3.63) is 95.1 Å². The van der Waals surface area contributed by atoms with Crippen molar-refractivity contribution in [1.29, 1.82) is 0 Å². The first-order chi connectivity index (χ1) is 33.4. The molecule has 1 spiro atoms. The van der Waals surface area contributed by atoms with Crippen LogP contribution in [0.4, 0.5) is 17.6 Å². The Balaban J connectivity index is 0.952. The highest BCUT2D eigenvalue weighted by atomic mass is 32.1. The molecule has 5 fully saturated rings. The van der Waals surface area contributed by atoms with Gasteiger partial charge in [-0.15, -0.1) is 24.5 Å². The summed E-state index contributed by atoms with van der Waals surface area (Å²) in [6.07, 6.45) is 3.61. The Morgan fingerprint density at radius 1 is 1.00 bits per heavy atom. The highest BCUT2D eigenvalue weighted by Crippen LogP contribution is 2.58. The fourth-order valence-corrected chi connectivity index (χ4v) is 13.8. The molecule has 0 bridgehead atoms. The second-order valence-corrected chi connectivity index (χ2v) is 22.8. The van der Waals surface area contributed by atoms with E-state index >= 15 is 4.39 Å². The van der Waals surface area contributed by atoms with E-state index in [1.165, 1.54) is 31.2 Å². The zero-order valence-corrected chi connectivity index (χ0v) is 41.0. The Kier molecular flexibility index (Phi) is 14.5. The van der Waals surface area contributed by atoms with Gasteiger partial charge < -0.3 is 29.3 Å². The summed E-state index contributed by atoms with van der Waals surface area (Å²) in [5.74, 6) is -3.76. The first-order valence-corrected chi connectivity index (χ1v) is 26.7. The van der Waals surface area contributed by atoms with Crippen LogP contribution in [-0.2, 0) is 28.4 Å². The summed E-state index contributed by atoms with van der Waals surface area (Å²) in [5, 5.41) is 6.03. The molecular weight excluding hydrogens is 952 g/mol. The second-order valence-electron chi connectivity index (χ2n) is 19.6. The van der Waals surface area contributed by atoms with Gasteiger partial charge in [0.2, 0.25) is 17.7 Å². The minimum Gasteiger partial charge on any atom is -0.465 e. The van der Waals surface area contributed by atoms with Gasteiger partial charge in [0.15, 0.2) is 0 Å². The normalized spacial score (nSPS) is 27.0. The number of hydrogen-bond donors (Lipinski definition) is 2. The molecule has 4 aromatic rings. The number of nitrogens with zero attached hydrogens (tertiary/aromatic N) is 4. The van der Waals surface area contributed by atoms with E-state index in [1.807, 2.05) is 37.2 Å². The fraction of sp³-hybridized carbons (Fsp3) is 0.540. The van der Waals surface area contributed by atoms with E-state index in [9.17, 15) is 36.9 Å². The third-order valence-corrected chi connectivity index (χ3v) is 18.1. The predicted octanol–water partition coefficient (Wildman–Crippen LogP) is 9.03. The second kappa shape index (κ2) is 20.3. The van der Waals surface area contributed by atoms with Crippen molar-refractivity contribution in [3.63, 3.8) is 0 Å². The molecule has 2 aromatic carbocycles. The number of pyridine rings is 1. The number of amides is 3. The quantitative estimate of drug-likeness (QED) is 0.0627. The molecule has 5 heterocycles. The van der Waals surface area contributed by atoms with E-state index in [-0.39, 0.29) is 83.5 Å². The minimum absolute atomic E-state index is 0.0280. The Labute approximate surface area is 408 Å². The van der Waals surface area contributed by atoms with Crippen LogP contribution in [0.25, 0.3) is 10.1 Å². The lowest BCUT2D eigenvalue weighted by molar-refractivity contribution is -0.354. The minimum atomic E-state index is -4.73. The largest absolute Gasteiger partial charge is 0.522 e. The number of esters is 1. The van der Waals surface area contributed by atoms with Crippen LogP contribution in [0.15, 0.2) is 79.1 Å². The van der Waals surface area contributed by atoms with Gasteiger partial charge in [0, 0.05) is 53.2 Å². The number of halogens is 4. The van der Waals surface area contributed by atoms with Gasteiger partial charge in [0.25, 0.3) is 5.91 Å². The molecule has 2 aromatic heterocycles. The zero-order valence-electron chi connectivity index (χ0n) is 39.3. The number of benzene rings is 2. The average Bonchev–Trinajstić information content (AvgIpc) is 3.59. The summed E-state index contributed by atoms with van der Waals surface area (Å²) in [7, 11) is -2.64. The number of aromatic nitrogens is 1. The van der Waals surface area contributed by atoms with Gasteiger partial charge >= 0.3 is 19.9 Å². The molecule has 70 heavy (non-hydrogen) atoms. The average molecular weight is 1010 g/mol. The van der Waals surface area contributed by atoms with Crippen LogP contribution in [0, 0.1) is 0 Å². The van der Waals surface area contributed by atoms with E-state index in [2.05, 4.69) is 25.0 Å². The van der Waals surface area contributed by atoms with Crippen LogP contribution in [0.2, 0.25) is 0 Å². The molecular formula is C50H59F4N6O8PS. The molecule has 376 valence electrons. The summed E-state index contributed by atoms with van der Waals surface area (Å²) >= 11 is 1.13. The van der Waals surface area contributed by atoms with Crippen LogP contribution >= 0.6 is 18.9 Å². The number of thiophene rings is 1. The van der Waals surface area contributed by atoms with E-state index in [0.717, 1.165) is 36.2 Å². The summed E-state index contributed by atoms with van der Waals surface area (Å²) in [6, 6.07) is 14.4. The zero-order chi connectivity index (χ0) is 49.5. The van der Waals surface area contributed by atoms with E-state index in [0.29, 0.717) is 48.7 Å². The molecule has 3 saturated heterocycles. The molecule has 20 heteroatoms. The van der Waals surface area contributed by atoms with Crippen molar-refractivity contribution in [1.82, 2.24) is 30.1 Å². The molecule has 3 aliphatic heterocycles.